The highest BCUT2D eigenvalue weighted by Gasteiger charge is 2.36. The number of aromatic nitrogens is 1. The van der Waals surface area contributed by atoms with Crippen molar-refractivity contribution >= 4 is 17.2 Å². The number of nitrogens with one attached hydrogen (secondary N) is 1. The molecular formula is C18H23N3OS. The summed E-state index contributed by atoms with van der Waals surface area (Å²) in [5, 5.41) is 6.00. The van der Waals surface area contributed by atoms with Crippen molar-refractivity contribution in [3.8, 4) is 11.3 Å². The van der Waals surface area contributed by atoms with Gasteiger partial charge >= 0.3 is 0 Å². The van der Waals surface area contributed by atoms with Crippen molar-refractivity contribution in [1.82, 2.24) is 10.3 Å². The Morgan fingerprint density at radius 2 is 1.96 bits per heavy atom. The van der Waals surface area contributed by atoms with Crippen LogP contribution in [0.3, 0.4) is 0 Å². The molecule has 3 N–H and O–H groups in total. The van der Waals surface area contributed by atoms with Crippen molar-refractivity contribution in [3.05, 3.63) is 40.7 Å². The van der Waals surface area contributed by atoms with Gasteiger partial charge in [-0.05, 0) is 19.8 Å². The van der Waals surface area contributed by atoms with Gasteiger partial charge in [0.2, 0.25) is 5.91 Å². The van der Waals surface area contributed by atoms with Crippen LogP contribution >= 0.6 is 11.3 Å². The first kappa shape index (κ1) is 16.1. The summed E-state index contributed by atoms with van der Waals surface area (Å²) >= 11 is 1.57. The molecule has 1 heterocycles. The van der Waals surface area contributed by atoms with Gasteiger partial charge in [-0.1, -0.05) is 49.6 Å². The Morgan fingerprint density at radius 3 is 2.65 bits per heavy atom. The SMILES string of the molecule is CC(NC(=O)C1(N)CCCCC1)c1nc(-c2ccccc2)cs1. The van der Waals surface area contributed by atoms with Crippen LogP contribution in [-0.4, -0.2) is 16.4 Å². The molecule has 1 unspecified atom stereocenters. The molecule has 1 amide bonds. The molecule has 4 nitrogen and oxygen atoms in total. The van der Waals surface area contributed by atoms with Crippen LogP contribution in [0.2, 0.25) is 0 Å². The third-order valence-corrected chi connectivity index (χ3v) is 5.53. The van der Waals surface area contributed by atoms with E-state index in [1.54, 1.807) is 11.3 Å². The minimum absolute atomic E-state index is 0.0406. The zero-order valence-corrected chi connectivity index (χ0v) is 14.2. The van der Waals surface area contributed by atoms with Crippen molar-refractivity contribution in [3.63, 3.8) is 0 Å². The van der Waals surface area contributed by atoms with Crippen LogP contribution in [0.5, 0.6) is 0 Å². The molecule has 0 radical (unpaired) electrons. The van der Waals surface area contributed by atoms with Crippen LogP contribution in [-0.2, 0) is 4.79 Å². The van der Waals surface area contributed by atoms with Gasteiger partial charge in [-0.25, -0.2) is 4.98 Å². The molecule has 0 bridgehead atoms. The highest BCUT2D eigenvalue weighted by molar-refractivity contribution is 7.10. The highest BCUT2D eigenvalue weighted by Crippen LogP contribution is 2.28. The predicted octanol–water partition coefficient (Wildman–Crippen LogP) is 3.65. The highest BCUT2D eigenvalue weighted by atomic mass is 32.1. The number of benzene rings is 1. The predicted molar refractivity (Wildman–Crippen MR) is 94.1 cm³/mol. The lowest BCUT2D eigenvalue weighted by molar-refractivity contribution is -0.128. The smallest absolute Gasteiger partial charge is 0.240 e. The van der Waals surface area contributed by atoms with Crippen LogP contribution < -0.4 is 11.1 Å². The number of nitrogens with two attached hydrogens (primary N) is 1. The van der Waals surface area contributed by atoms with Crippen LogP contribution in [0.1, 0.15) is 50.1 Å². The van der Waals surface area contributed by atoms with Crippen molar-refractivity contribution < 1.29 is 4.79 Å². The second kappa shape index (κ2) is 6.81. The molecule has 1 aromatic carbocycles. The van der Waals surface area contributed by atoms with Gasteiger partial charge in [0, 0.05) is 10.9 Å². The fraction of sp³-hybridized carbons (Fsp3) is 0.444. The molecule has 1 aliphatic rings. The Labute approximate surface area is 141 Å². The summed E-state index contributed by atoms with van der Waals surface area (Å²) < 4.78 is 0. The van der Waals surface area contributed by atoms with E-state index in [-0.39, 0.29) is 11.9 Å². The number of amides is 1. The first-order valence-corrected chi connectivity index (χ1v) is 9.07. The zero-order chi connectivity index (χ0) is 16.3. The summed E-state index contributed by atoms with van der Waals surface area (Å²) in [5.41, 5.74) is 7.64. The zero-order valence-electron chi connectivity index (χ0n) is 13.4. The lowest BCUT2D eigenvalue weighted by atomic mass is 9.82. The lowest BCUT2D eigenvalue weighted by Gasteiger charge is -2.32. The topological polar surface area (TPSA) is 68.0 Å². The van der Waals surface area contributed by atoms with Crippen LogP contribution in [0.4, 0.5) is 0 Å². The van der Waals surface area contributed by atoms with Gasteiger partial charge < -0.3 is 11.1 Å². The summed E-state index contributed by atoms with van der Waals surface area (Å²) in [6, 6.07) is 9.96. The lowest BCUT2D eigenvalue weighted by Crippen LogP contribution is -2.55. The van der Waals surface area contributed by atoms with Crippen LogP contribution in [0.15, 0.2) is 35.7 Å². The fourth-order valence-electron chi connectivity index (χ4n) is 3.04. The summed E-state index contributed by atoms with van der Waals surface area (Å²) in [7, 11) is 0. The van der Waals surface area contributed by atoms with E-state index in [1.807, 2.05) is 42.6 Å². The van der Waals surface area contributed by atoms with Gasteiger partial charge in [0.15, 0.2) is 0 Å². The van der Waals surface area contributed by atoms with E-state index < -0.39 is 5.54 Å². The van der Waals surface area contributed by atoms with Gasteiger partial charge in [0.05, 0.1) is 17.3 Å². The van der Waals surface area contributed by atoms with Gasteiger partial charge in [-0.3, -0.25) is 4.79 Å². The molecule has 1 aliphatic carbocycles. The van der Waals surface area contributed by atoms with E-state index in [0.717, 1.165) is 41.9 Å². The molecule has 1 atom stereocenters. The molecule has 1 fully saturated rings. The molecule has 1 saturated carbocycles. The summed E-state index contributed by atoms with van der Waals surface area (Å²) in [5.74, 6) is -0.0406. The molecule has 23 heavy (non-hydrogen) atoms. The second-order valence-electron chi connectivity index (χ2n) is 6.35. The maximum absolute atomic E-state index is 12.5. The third kappa shape index (κ3) is 3.62. The number of thiazole rings is 1. The molecule has 3 rings (SSSR count). The summed E-state index contributed by atoms with van der Waals surface area (Å²) in [4.78, 5) is 17.2. The second-order valence-corrected chi connectivity index (χ2v) is 7.24. The minimum atomic E-state index is -0.702. The number of hydrogen-bond acceptors (Lipinski definition) is 4. The van der Waals surface area contributed by atoms with E-state index in [4.69, 9.17) is 5.73 Å². The van der Waals surface area contributed by atoms with Gasteiger partial charge in [0.25, 0.3) is 0 Å². The molecule has 5 heteroatoms. The third-order valence-electron chi connectivity index (χ3n) is 4.51. The maximum Gasteiger partial charge on any atom is 0.240 e. The largest absolute Gasteiger partial charge is 0.346 e. The summed E-state index contributed by atoms with van der Waals surface area (Å²) in [6.07, 6.45) is 4.80. The quantitative estimate of drug-likeness (QED) is 0.899. The van der Waals surface area contributed by atoms with E-state index in [9.17, 15) is 4.79 Å². The van der Waals surface area contributed by atoms with Gasteiger partial charge in [-0.2, -0.15) is 0 Å². The average molecular weight is 329 g/mol. The Balaban J connectivity index is 1.68. The number of nitrogens with zero attached hydrogens (tertiary/aromatic N) is 1. The van der Waals surface area contributed by atoms with E-state index in [2.05, 4.69) is 10.3 Å². The Bertz CT molecular complexity index is 662. The van der Waals surface area contributed by atoms with Gasteiger partial charge in [-0.15, -0.1) is 11.3 Å². The van der Waals surface area contributed by atoms with Gasteiger partial charge in [0.1, 0.15) is 5.01 Å². The number of hydrogen-bond donors (Lipinski definition) is 2. The molecule has 1 aromatic heterocycles. The first-order valence-electron chi connectivity index (χ1n) is 8.19. The molecule has 2 aromatic rings. The monoisotopic (exact) mass is 329 g/mol. The van der Waals surface area contributed by atoms with Crippen molar-refractivity contribution in [2.24, 2.45) is 5.73 Å². The van der Waals surface area contributed by atoms with E-state index in [1.165, 1.54) is 6.42 Å². The maximum atomic E-state index is 12.5. The summed E-state index contributed by atoms with van der Waals surface area (Å²) in [6.45, 7) is 1.97. The average Bonchev–Trinajstić information content (AvgIpc) is 3.06. The number of carbonyl (C=O) groups excluding carboxylic acids is 1. The standard InChI is InChI=1S/C18H23N3OS/c1-13(20-17(22)18(19)10-6-3-7-11-18)16-21-15(12-23-16)14-8-4-2-5-9-14/h2,4-5,8-9,12-13H,3,6-7,10-11,19H2,1H3,(H,20,22). The van der Waals surface area contributed by atoms with Crippen LogP contribution in [0, 0.1) is 0 Å². The van der Waals surface area contributed by atoms with Crippen molar-refractivity contribution in [2.45, 2.75) is 50.6 Å². The number of carbonyl (C=O) groups is 1. The van der Waals surface area contributed by atoms with E-state index >= 15 is 0 Å². The minimum Gasteiger partial charge on any atom is -0.346 e. The fourth-order valence-corrected chi connectivity index (χ4v) is 3.88. The molecule has 0 saturated heterocycles. The molecule has 122 valence electrons. The van der Waals surface area contributed by atoms with Crippen molar-refractivity contribution in [1.29, 1.82) is 0 Å². The molecule has 0 aliphatic heterocycles. The van der Waals surface area contributed by atoms with Crippen molar-refractivity contribution in [2.75, 3.05) is 0 Å². The number of rotatable bonds is 4. The first-order chi connectivity index (χ1) is 11.1. The molecule has 0 spiro atoms. The molecular weight excluding hydrogens is 306 g/mol. The van der Waals surface area contributed by atoms with Crippen LogP contribution in [0.25, 0.3) is 11.3 Å². The van der Waals surface area contributed by atoms with E-state index in [0.29, 0.717) is 0 Å². The normalized spacial score (nSPS) is 18.3. The Kier molecular flexibility index (Phi) is 4.78. The Morgan fingerprint density at radius 1 is 1.26 bits per heavy atom. The Hall–Kier alpha value is -1.72.